The fraction of sp³-hybridized carbons (Fsp3) is 0.350. The molecule has 0 saturated heterocycles. The van der Waals surface area contributed by atoms with Crippen LogP contribution in [-0.2, 0) is 0 Å². The molecular weight excluding hydrogens is 332 g/mol. The van der Waals surface area contributed by atoms with Crippen molar-refractivity contribution in [1.29, 1.82) is 15.8 Å². The van der Waals surface area contributed by atoms with Gasteiger partial charge in [0.2, 0.25) is 0 Å². The average molecular weight is 349 g/mol. The third-order valence-electron chi connectivity index (χ3n) is 5.32. The Labute approximate surface area is 152 Å². The van der Waals surface area contributed by atoms with Gasteiger partial charge in [-0.1, -0.05) is 36.7 Å². The van der Waals surface area contributed by atoms with Gasteiger partial charge >= 0.3 is 0 Å². The number of allylic oxidation sites excluding steroid dienone is 4. The van der Waals surface area contributed by atoms with Crippen LogP contribution in [0.25, 0.3) is 0 Å². The summed E-state index contributed by atoms with van der Waals surface area (Å²) >= 11 is 6.16. The van der Waals surface area contributed by atoms with Crippen molar-refractivity contribution >= 4 is 11.6 Å². The topological polar surface area (TPSA) is 97.4 Å². The normalized spacial score (nSPS) is 27.3. The number of halogens is 1. The van der Waals surface area contributed by atoms with Crippen LogP contribution >= 0.6 is 11.6 Å². The number of nitrogens with two attached hydrogens (primary N) is 1. The van der Waals surface area contributed by atoms with Crippen LogP contribution in [0, 0.1) is 51.2 Å². The largest absolute Gasteiger partial charge is 0.399 e. The van der Waals surface area contributed by atoms with Gasteiger partial charge in [0.05, 0.1) is 23.4 Å². The minimum Gasteiger partial charge on any atom is -0.399 e. The number of hydrogen-bond donors (Lipinski definition) is 1. The Balaban J connectivity index is 2.34. The molecule has 0 saturated carbocycles. The summed E-state index contributed by atoms with van der Waals surface area (Å²) in [5, 5.41) is 30.0. The molecule has 1 aromatic rings. The van der Waals surface area contributed by atoms with E-state index in [9.17, 15) is 15.8 Å². The van der Waals surface area contributed by atoms with Crippen molar-refractivity contribution < 1.29 is 0 Å². The van der Waals surface area contributed by atoms with Crippen molar-refractivity contribution in [3.8, 4) is 18.2 Å². The molecule has 4 nitrogen and oxygen atoms in total. The highest BCUT2D eigenvalue weighted by molar-refractivity contribution is 6.30. The van der Waals surface area contributed by atoms with Crippen LogP contribution in [0.5, 0.6) is 0 Å². The molecule has 0 aromatic heterocycles. The van der Waals surface area contributed by atoms with Gasteiger partial charge < -0.3 is 5.73 Å². The van der Waals surface area contributed by atoms with E-state index in [1.807, 2.05) is 18.2 Å². The van der Waals surface area contributed by atoms with Gasteiger partial charge in [0.25, 0.3) is 0 Å². The highest BCUT2D eigenvalue weighted by Crippen LogP contribution is 2.56. The Morgan fingerprint density at radius 2 is 1.96 bits per heavy atom. The molecule has 0 radical (unpaired) electrons. The van der Waals surface area contributed by atoms with Crippen molar-refractivity contribution in [3.63, 3.8) is 0 Å². The standard InChI is InChI=1S/C20H17ClN4/c1-12-5-6-15-16(7-12)18(13-3-2-4-14(21)8-13)20(10-23,11-24)19(25)17(15)9-22/h2-4,6,8,12,16,18H,5,7,25H2,1H3/t12-,16+,18+/m1/s1. The molecule has 3 atom stereocenters. The quantitative estimate of drug-likeness (QED) is 0.823. The number of fused-ring (bicyclic) bond motifs is 1. The lowest BCUT2D eigenvalue weighted by Gasteiger charge is -2.44. The Morgan fingerprint density at radius 1 is 1.24 bits per heavy atom. The van der Waals surface area contributed by atoms with Gasteiger partial charge in [-0.25, -0.2) is 0 Å². The van der Waals surface area contributed by atoms with Gasteiger partial charge in [-0.15, -0.1) is 0 Å². The second-order valence-corrected chi connectivity index (χ2v) is 7.24. The fourth-order valence-electron chi connectivity index (χ4n) is 4.15. The number of nitriles is 3. The maximum absolute atomic E-state index is 9.93. The van der Waals surface area contributed by atoms with E-state index in [-0.39, 0.29) is 11.6 Å². The number of nitrogens with zero attached hydrogens (tertiary/aromatic N) is 3. The van der Waals surface area contributed by atoms with E-state index in [2.05, 4.69) is 25.1 Å². The van der Waals surface area contributed by atoms with Crippen molar-refractivity contribution in [2.45, 2.75) is 25.7 Å². The smallest absolute Gasteiger partial charge is 0.191 e. The summed E-state index contributed by atoms with van der Waals surface area (Å²) in [6.45, 7) is 2.14. The molecule has 0 fully saturated rings. The van der Waals surface area contributed by atoms with Gasteiger partial charge in [0, 0.05) is 10.9 Å². The zero-order chi connectivity index (χ0) is 18.2. The molecule has 2 N–H and O–H groups in total. The molecular formula is C20H17ClN4. The summed E-state index contributed by atoms with van der Waals surface area (Å²) in [6.07, 6.45) is 3.70. The predicted molar refractivity (Wildman–Crippen MR) is 94.6 cm³/mol. The number of rotatable bonds is 1. The summed E-state index contributed by atoms with van der Waals surface area (Å²) in [6, 6.07) is 13.6. The van der Waals surface area contributed by atoms with E-state index >= 15 is 0 Å². The Morgan fingerprint density at radius 3 is 2.56 bits per heavy atom. The Kier molecular flexibility index (Phi) is 4.30. The summed E-state index contributed by atoms with van der Waals surface area (Å²) in [5.74, 6) is -0.152. The SMILES string of the molecule is C[C@@H]1CC=C2C(C#N)=C(N)C(C#N)(C#N)[C@@H](c3cccc(Cl)c3)[C@H]2C1. The van der Waals surface area contributed by atoms with E-state index in [0.29, 0.717) is 16.5 Å². The van der Waals surface area contributed by atoms with Crippen LogP contribution in [0.2, 0.25) is 5.02 Å². The third kappa shape index (κ3) is 2.49. The first-order chi connectivity index (χ1) is 12.0. The lowest BCUT2D eigenvalue weighted by molar-refractivity contribution is 0.284. The number of hydrogen-bond acceptors (Lipinski definition) is 4. The van der Waals surface area contributed by atoms with Gasteiger partial charge in [0.15, 0.2) is 5.41 Å². The van der Waals surface area contributed by atoms with E-state index in [0.717, 1.165) is 24.0 Å². The molecule has 0 amide bonds. The lowest BCUT2D eigenvalue weighted by atomic mass is 9.56. The molecule has 0 unspecified atom stereocenters. The summed E-state index contributed by atoms with van der Waals surface area (Å²) in [5.41, 5.74) is 6.68. The average Bonchev–Trinajstić information content (AvgIpc) is 2.61. The molecule has 0 spiro atoms. The van der Waals surface area contributed by atoms with Gasteiger partial charge in [-0.3, -0.25) is 0 Å². The van der Waals surface area contributed by atoms with Gasteiger partial charge in [0.1, 0.15) is 6.07 Å². The van der Waals surface area contributed by atoms with Crippen molar-refractivity contribution in [2.75, 3.05) is 0 Å². The van der Waals surface area contributed by atoms with Crippen LogP contribution in [-0.4, -0.2) is 0 Å². The first-order valence-corrected chi connectivity index (χ1v) is 8.55. The molecule has 0 bridgehead atoms. The Bertz CT molecular complexity index is 893. The monoisotopic (exact) mass is 348 g/mol. The lowest BCUT2D eigenvalue weighted by Crippen LogP contribution is -2.43. The minimum absolute atomic E-state index is 0.0574. The fourth-order valence-corrected chi connectivity index (χ4v) is 4.35. The number of benzene rings is 1. The van der Waals surface area contributed by atoms with Crippen LogP contribution < -0.4 is 5.73 Å². The first kappa shape index (κ1) is 17.1. The maximum atomic E-state index is 9.93. The van der Waals surface area contributed by atoms with Crippen LogP contribution in [0.1, 0.15) is 31.2 Å². The molecule has 124 valence electrons. The van der Waals surface area contributed by atoms with Gasteiger partial charge in [-0.2, -0.15) is 15.8 Å². The molecule has 0 heterocycles. The summed E-state index contributed by atoms with van der Waals surface area (Å²) < 4.78 is 0. The van der Waals surface area contributed by atoms with E-state index in [1.165, 1.54) is 0 Å². The molecule has 2 aliphatic rings. The third-order valence-corrected chi connectivity index (χ3v) is 5.56. The van der Waals surface area contributed by atoms with E-state index < -0.39 is 11.3 Å². The summed E-state index contributed by atoms with van der Waals surface area (Å²) in [4.78, 5) is 0. The van der Waals surface area contributed by atoms with Crippen LogP contribution in [0.3, 0.4) is 0 Å². The van der Waals surface area contributed by atoms with Crippen LogP contribution in [0.4, 0.5) is 0 Å². The zero-order valence-corrected chi connectivity index (χ0v) is 14.6. The predicted octanol–water partition coefficient (Wildman–Crippen LogP) is 4.18. The Hall–Kier alpha value is -2.74. The van der Waals surface area contributed by atoms with E-state index in [1.54, 1.807) is 12.1 Å². The highest BCUT2D eigenvalue weighted by Gasteiger charge is 2.54. The van der Waals surface area contributed by atoms with Crippen LogP contribution in [0.15, 0.2) is 47.2 Å². The van der Waals surface area contributed by atoms with Crippen molar-refractivity contribution in [1.82, 2.24) is 0 Å². The molecule has 2 aliphatic carbocycles. The zero-order valence-electron chi connectivity index (χ0n) is 13.8. The second-order valence-electron chi connectivity index (χ2n) is 6.81. The molecule has 1 aromatic carbocycles. The molecule has 25 heavy (non-hydrogen) atoms. The second kappa shape index (κ2) is 6.29. The maximum Gasteiger partial charge on any atom is 0.191 e. The minimum atomic E-state index is -1.57. The first-order valence-electron chi connectivity index (χ1n) is 8.17. The van der Waals surface area contributed by atoms with Gasteiger partial charge in [-0.05, 0) is 47.9 Å². The summed E-state index contributed by atoms with van der Waals surface area (Å²) in [7, 11) is 0. The van der Waals surface area contributed by atoms with Crippen molar-refractivity contribution in [2.24, 2.45) is 23.0 Å². The van der Waals surface area contributed by atoms with E-state index in [4.69, 9.17) is 17.3 Å². The highest BCUT2D eigenvalue weighted by atomic mass is 35.5. The molecule has 5 heteroatoms. The van der Waals surface area contributed by atoms with Crippen molar-refractivity contribution in [3.05, 3.63) is 57.8 Å². The molecule has 0 aliphatic heterocycles. The molecule has 3 rings (SSSR count).